The second kappa shape index (κ2) is 6.21. The van der Waals surface area contributed by atoms with E-state index in [4.69, 9.17) is 0 Å². The van der Waals surface area contributed by atoms with Crippen LogP contribution in [0.25, 0.3) is 0 Å². The Labute approximate surface area is 121 Å². The number of aryl methyl sites for hydroxylation is 1. The van der Waals surface area contributed by atoms with Crippen molar-refractivity contribution in [2.75, 3.05) is 18.0 Å². The standard InChI is InChI=1S/C16H24N4/c1-5-13-14(8-17)16(19-18-15(13)6-2)20-9-11(3)7-12(4)10-20/h11-12H,5-7,9-10H2,1-4H3. The largest absolute Gasteiger partial charge is 0.353 e. The van der Waals surface area contributed by atoms with Crippen LogP contribution >= 0.6 is 0 Å². The highest BCUT2D eigenvalue weighted by atomic mass is 15.3. The van der Waals surface area contributed by atoms with E-state index >= 15 is 0 Å². The van der Waals surface area contributed by atoms with Crippen LogP contribution in [-0.2, 0) is 12.8 Å². The van der Waals surface area contributed by atoms with Crippen LogP contribution in [0.1, 0.15) is 50.9 Å². The number of rotatable bonds is 3. The lowest BCUT2D eigenvalue weighted by atomic mass is 9.91. The average molecular weight is 272 g/mol. The van der Waals surface area contributed by atoms with Gasteiger partial charge in [0.1, 0.15) is 11.6 Å². The van der Waals surface area contributed by atoms with Crippen LogP contribution < -0.4 is 4.90 Å². The van der Waals surface area contributed by atoms with Crippen LogP contribution in [-0.4, -0.2) is 23.3 Å². The minimum atomic E-state index is 0.642. The SMILES string of the molecule is CCc1nnc(N2CC(C)CC(C)C2)c(C#N)c1CC. The Morgan fingerprint density at radius 1 is 1.15 bits per heavy atom. The summed E-state index contributed by atoms with van der Waals surface area (Å²) in [7, 11) is 0. The predicted octanol–water partition coefficient (Wildman–Crippen LogP) is 2.96. The van der Waals surface area contributed by atoms with E-state index < -0.39 is 0 Å². The highest BCUT2D eigenvalue weighted by Gasteiger charge is 2.26. The third kappa shape index (κ3) is 2.77. The lowest BCUT2D eigenvalue weighted by Gasteiger charge is -2.36. The molecule has 2 atom stereocenters. The molecular weight excluding hydrogens is 248 g/mol. The molecule has 0 saturated carbocycles. The number of piperidine rings is 1. The molecule has 0 radical (unpaired) electrons. The Morgan fingerprint density at radius 3 is 2.30 bits per heavy atom. The third-order valence-electron chi connectivity index (χ3n) is 4.11. The molecule has 0 aliphatic carbocycles. The molecule has 0 N–H and O–H groups in total. The summed E-state index contributed by atoms with van der Waals surface area (Å²) in [6, 6.07) is 2.37. The van der Waals surface area contributed by atoms with Crippen LogP contribution in [0, 0.1) is 23.2 Å². The highest BCUT2D eigenvalue weighted by molar-refractivity contribution is 5.58. The normalized spacial score (nSPS) is 22.6. The van der Waals surface area contributed by atoms with Gasteiger partial charge in [-0.3, -0.25) is 0 Å². The molecule has 2 rings (SSSR count). The van der Waals surface area contributed by atoms with Gasteiger partial charge in [-0.2, -0.15) is 10.4 Å². The maximum Gasteiger partial charge on any atom is 0.169 e. The Morgan fingerprint density at radius 2 is 1.80 bits per heavy atom. The molecule has 0 bridgehead atoms. The number of hydrogen-bond donors (Lipinski definition) is 0. The second-order valence-electron chi connectivity index (χ2n) is 5.99. The van der Waals surface area contributed by atoms with Gasteiger partial charge in [-0.05, 0) is 36.7 Å². The van der Waals surface area contributed by atoms with Gasteiger partial charge in [0.2, 0.25) is 0 Å². The molecule has 0 aromatic carbocycles. The van der Waals surface area contributed by atoms with Crippen molar-refractivity contribution in [2.45, 2.75) is 47.0 Å². The molecule has 4 heteroatoms. The van der Waals surface area contributed by atoms with E-state index in [0.717, 1.165) is 48.6 Å². The Bertz CT molecular complexity index is 508. The average Bonchev–Trinajstić information content (AvgIpc) is 2.44. The van der Waals surface area contributed by atoms with Crippen molar-refractivity contribution in [3.8, 4) is 6.07 Å². The number of nitriles is 1. The Kier molecular flexibility index (Phi) is 4.59. The van der Waals surface area contributed by atoms with Crippen molar-refractivity contribution in [3.63, 3.8) is 0 Å². The number of hydrogen-bond acceptors (Lipinski definition) is 4. The first-order valence-corrected chi connectivity index (χ1v) is 7.64. The fourth-order valence-corrected chi connectivity index (χ4v) is 3.34. The van der Waals surface area contributed by atoms with Crippen molar-refractivity contribution < 1.29 is 0 Å². The van der Waals surface area contributed by atoms with Gasteiger partial charge >= 0.3 is 0 Å². The van der Waals surface area contributed by atoms with E-state index in [1.165, 1.54) is 6.42 Å². The molecule has 0 amide bonds. The third-order valence-corrected chi connectivity index (χ3v) is 4.11. The van der Waals surface area contributed by atoms with Gasteiger partial charge in [0.15, 0.2) is 5.82 Å². The lowest BCUT2D eigenvalue weighted by molar-refractivity contribution is 0.354. The van der Waals surface area contributed by atoms with E-state index in [9.17, 15) is 5.26 Å². The fraction of sp³-hybridized carbons (Fsp3) is 0.688. The van der Waals surface area contributed by atoms with Crippen molar-refractivity contribution in [1.82, 2.24) is 10.2 Å². The lowest BCUT2D eigenvalue weighted by Crippen LogP contribution is -2.40. The topological polar surface area (TPSA) is 52.8 Å². The molecule has 2 heterocycles. The van der Waals surface area contributed by atoms with Crippen LogP contribution in [0.2, 0.25) is 0 Å². The molecule has 2 unspecified atom stereocenters. The number of aromatic nitrogens is 2. The van der Waals surface area contributed by atoms with E-state index in [0.29, 0.717) is 11.8 Å². The van der Waals surface area contributed by atoms with Crippen molar-refractivity contribution in [2.24, 2.45) is 11.8 Å². The first kappa shape index (κ1) is 14.8. The first-order chi connectivity index (χ1) is 9.60. The smallest absolute Gasteiger partial charge is 0.169 e. The Hall–Kier alpha value is -1.63. The summed E-state index contributed by atoms with van der Waals surface area (Å²) in [5.74, 6) is 2.07. The van der Waals surface area contributed by atoms with E-state index in [1.807, 2.05) is 0 Å². The monoisotopic (exact) mass is 272 g/mol. The molecule has 1 aromatic heterocycles. The van der Waals surface area contributed by atoms with Crippen LogP contribution in [0.3, 0.4) is 0 Å². The maximum absolute atomic E-state index is 9.57. The predicted molar refractivity (Wildman–Crippen MR) is 80.7 cm³/mol. The van der Waals surface area contributed by atoms with E-state index in [-0.39, 0.29) is 0 Å². The summed E-state index contributed by atoms with van der Waals surface area (Å²) in [5, 5.41) is 18.3. The van der Waals surface area contributed by atoms with Gasteiger partial charge in [-0.25, -0.2) is 0 Å². The van der Waals surface area contributed by atoms with E-state index in [2.05, 4.69) is 48.9 Å². The minimum Gasteiger partial charge on any atom is -0.353 e. The highest BCUT2D eigenvalue weighted by Crippen LogP contribution is 2.29. The summed E-state index contributed by atoms with van der Waals surface area (Å²) in [5.41, 5.74) is 2.78. The molecule has 20 heavy (non-hydrogen) atoms. The molecule has 1 aliphatic heterocycles. The number of nitrogens with zero attached hydrogens (tertiary/aromatic N) is 4. The van der Waals surface area contributed by atoms with Crippen LogP contribution in [0.4, 0.5) is 5.82 Å². The maximum atomic E-state index is 9.57. The van der Waals surface area contributed by atoms with Crippen molar-refractivity contribution in [1.29, 1.82) is 5.26 Å². The molecule has 108 valence electrons. The van der Waals surface area contributed by atoms with Crippen molar-refractivity contribution >= 4 is 5.82 Å². The second-order valence-corrected chi connectivity index (χ2v) is 5.99. The molecule has 0 spiro atoms. The summed E-state index contributed by atoms with van der Waals surface area (Å²) in [6.07, 6.45) is 2.92. The van der Waals surface area contributed by atoms with Gasteiger partial charge in [0.05, 0.1) is 5.69 Å². The molecular formula is C16H24N4. The van der Waals surface area contributed by atoms with Gasteiger partial charge in [0.25, 0.3) is 0 Å². The Balaban J connectivity index is 2.44. The van der Waals surface area contributed by atoms with Gasteiger partial charge in [-0.15, -0.1) is 5.10 Å². The molecule has 1 fully saturated rings. The van der Waals surface area contributed by atoms with Gasteiger partial charge in [-0.1, -0.05) is 27.7 Å². The van der Waals surface area contributed by atoms with Gasteiger partial charge < -0.3 is 4.90 Å². The fourth-order valence-electron chi connectivity index (χ4n) is 3.34. The zero-order valence-corrected chi connectivity index (χ0v) is 13.0. The summed E-state index contributed by atoms with van der Waals surface area (Å²) in [4.78, 5) is 2.25. The molecule has 1 aromatic rings. The summed E-state index contributed by atoms with van der Waals surface area (Å²) >= 11 is 0. The number of anilines is 1. The molecule has 1 aliphatic rings. The summed E-state index contributed by atoms with van der Waals surface area (Å²) < 4.78 is 0. The first-order valence-electron chi connectivity index (χ1n) is 7.64. The quantitative estimate of drug-likeness (QED) is 0.849. The summed E-state index contributed by atoms with van der Waals surface area (Å²) in [6.45, 7) is 10.6. The molecule has 1 saturated heterocycles. The molecule has 4 nitrogen and oxygen atoms in total. The van der Waals surface area contributed by atoms with Crippen LogP contribution in [0.5, 0.6) is 0 Å². The van der Waals surface area contributed by atoms with Crippen molar-refractivity contribution in [3.05, 3.63) is 16.8 Å². The zero-order chi connectivity index (χ0) is 14.7. The van der Waals surface area contributed by atoms with Crippen LogP contribution in [0.15, 0.2) is 0 Å². The minimum absolute atomic E-state index is 0.642. The van der Waals surface area contributed by atoms with Gasteiger partial charge in [0, 0.05) is 13.1 Å². The van der Waals surface area contributed by atoms with E-state index in [1.54, 1.807) is 0 Å². The zero-order valence-electron chi connectivity index (χ0n) is 13.0.